The Kier molecular flexibility index (Phi) is 2.90. The predicted octanol–water partition coefficient (Wildman–Crippen LogP) is -0.252. The average molecular weight is 255 g/mol. The maximum atomic E-state index is 11.5. The van der Waals surface area contributed by atoms with Crippen molar-refractivity contribution in [1.29, 1.82) is 0 Å². The van der Waals surface area contributed by atoms with Crippen LogP contribution < -0.4 is 15.6 Å². The fraction of sp³-hybridized carbons (Fsp3) is 0.300. The van der Waals surface area contributed by atoms with Crippen molar-refractivity contribution >= 4 is 21.6 Å². The quantitative estimate of drug-likeness (QED) is 0.563. The van der Waals surface area contributed by atoms with E-state index in [1.54, 1.807) is 24.0 Å². The van der Waals surface area contributed by atoms with E-state index in [-0.39, 0.29) is 10.8 Å². The van der Waals surface area contributed by atoms with Gasteiger partial charge in [-0.1, -0.05) is 0 Å². The van der Waals surface area contributed by atoms with Gasteiger partial charge in [0.2, 0.25) is 5.91 Å². The highest BCUT2D eigenvalue weighted by molar-refractivity contribution is 7.89. The summed E-state index contributed by atoms with van der Waals surface area (Å²) in [5, 5.41) is 0. The molecule has 0 unspecified atom stereocenters. The summed E-state index contributed by atoms with van der Waals surface area (Å²) in [5.74, 6) is 4.99. The van der Waals surface area contributed by atoms with Crippen molar-refractivity contribution in [1.82, 2.24) is 4.83 Å². The zero-order chi connectivity index (χ0) is 12.6. The first-order valence-corrected chi connectivity index (χ1v) is 6.56. The Morgan fingerprint density at radius 1 is 1.35 bits per heavy atom. The lowest BCUT2D eigenvalue weighted by Crippen LogP contribution is -2.32. The van der Waals surface area contributed by atoms with Crippen molar-refractivity contribution < 1.29 is 13.2 Å². The van der Waals surface area contributed by atoms with Gasteiger partial charge >= 0.3 is 0 Å². The van der Waals surface area contributed by atoms with E-state index < -0.39 is 10.0 Å². The van der Waals surface area contributed by atoms with Gasteiger partial charge in [0.05, 0.1) is 4.90 Å². The number of nitrogens with zero attached hydrogens (tertiary/aromatic N) is 1. The molecule has 0 atom stereocenters. The maximum Gasteiger partial charge on any atom is 0.253 e. The minimum Gasteiger partial charge on any atom is -0.315 e. The highest BCUT2D eigenvalue weighted by atomic mass is 32.2. The van der Waals surface area contributed by atoms with Gasteiger partial charge in [-0.25, -0.2) is 8.42 Å². The lowest BCUT2D eigenvalue weighted by Gasteiger charge is -2.25. The van der Waals surface area contributed by atoms with Crippen molar-refractivity contribution in [2.24, 2.45) is 5.84 Å². The first-order chi connectivity index (χ1) is 7.95. The van der Waals surface area contributed by atoms with Crippen LogP contribution >= 0.6 is 0 Å². The molecule has 1 aromatic rings. The van der Waals surface area contributed by atoms with Crippen molar-refractivity contribution in [3.05, 3.63) is 23.8 Å². The molecule has 92 valence electrons. The lowest BCUT2D eigenvalue weighted by molar-refractivity contribution is -0.118. The molecule has 0 aliphatic carbocycles. The number of rotatable bonds is 2. The second kappa shape index (κ2) is 4.10. The number of benzene rings is 1. The van der Waals surface area contributed by atoms with E-state index in [4.69, 9.17) is 5.84 Å². The van der Waals surface area contributed by atoms with E-state index in [1.165, 1.54) is 11.0 Å². The van der Waals surface area contributed by atoms with Crippen LogP contribution in [-0.2, 0) is 21.2 Å². The molecule has 0 aromatic heterocycles. The van der Waals surface area contributed by atoms with Crippen LogP contribution in [0.2, 0.25) is 0 Å². The van der Waals surface area contributed by atoms with E-state index >= 15 is 0 Å². The normalized spacial score (nSPS) is 15.9. The standard InChI is InChI=1S/C10H13N3O3S/c1-13-9-4-3-8(17(15,16)12-11)6-7(9)2-5-10(13)14/h3-4,6,12H,2,5,11H2,1H3. The molecular formula is C10H13N3O3S. The first-order valence-electron chi connectivity index (χ1n) is 5.07. The molecular weight excluding hydrogens is 242 g/mol. The van der Waals surface area contributed by atoms with Gasteiger partial charge in [-0.3, -0.25) is 10.6 Å². The summed E-state index contributed by atoms with van der Waals surface area (Å²) in [6, 6.07) is 4.60. The van der Waals surface area contributed by atoms with Crippen LogP contribution in [0, 0.1) is 0 Å². The van der Waals surface area contributed by atoms with Gasteiger partial charge in [-0.15, -0.1) is 0 Å². The number of fused-ring (bicyclic) bond motifs is 1. The third kappa shape index (κ3) is 2.04. The average Bonchev–Trinajstić information content (AvgIpc) is 2.33. The molecule has 2 rings (SSSR count). The zero-order valence-corrected chi connectivity index (χ0v) is 10.1. The van der Waals surface area contributed by atoms with Gasteiger partial charge in [0.1, 0.15) is 0 Å². The van der Waals surface area contributed by atoms with Gasteiger partial charge in [-0.05, 0) is 30.2 Å². The second-order valence-electron chi connectivity index (χ2n) is 3.86. The highest BCUT2D eigenvalue weighted by Crippen LogP contribution is 2.28. The van der Waals surface area contributed by atoms with Gasteiger partial charge < -0.3 is 4.90 Å². The van der Waals surface area contributed by atoms with Gasteiger partial charge in [0.15, 0.2) is 0 Å². The van der Waals surface area contributed by atoms with Crippen molar-refractivity contribution in [3.8, 4) is 0 Å². The number of carbonyl (C=O) groups excluding carboxylic acids is 1. The number of hydrazine groups is 1. The van der Waals surface area contributed by atoms with Gasteiger partial charge in [0.25, 0.3) is 10.0 Å². The smallest absolute Gasteiger partial charge is 0.253 e. The Labute approximate surface area is 99.4 Å². The molecule has 1 aliphatic rings. The predicted molar refractivity (Wildman–Crippen MR) is 62.7 cm³/mol. The minimum absolute atomic E-state index is 0.0325. The molecule has 1 heterocycles. The van der Waals surface area contributed by atoms with E-state index in [0.717, 1.165) is 11.3 Å². The van der Waals surface area contributed by atoms with Gasteiger partial charge in [0, 0.05) is 19.2 Å². The van der Waals surface area contributed by atoms with Crippen LogP contribution in [0.3, 0.4) is 0 Å². The Bertz CT molecular complexity index is 568. The molecule has 0 saturated carbocycles. The summed E-state index contributed by atoms with van der Waals surface area (Å²) in [5.41, 5.74) is 1.58. The Morgan fingerprint density at radius 2 is 2.06 bits per heavy atom. The topological polar surface area (TPSA) is 92.5 Å². The van der Waals surface area contributed by atoms with Crippen molar-refractivity contribution in [3.63, 3.8) is 0 Å². The SMILES string of the molecule is CN1C(=O)CCc2cc(S(=O)(=O)NN)ccc21. The molecule has 3 N–H and O–H groups in total. The molecule has 1 aliphatic heterocycles. The maximum absolute atomic E-state index is 11.5. The third-order valence-corrected chi connectivity index (χ3v) is 4.04. The number of sulfonamides is 1. The number of anilines is 1. The lowest BCUT2D eigenvalue weighted by atomic mass is 10.0. The van der Waals surface area contributed by atoms with Crippen LogP contribution in [-0.4, -0.2) is 21.4 Å². The molecule has 17 heavy (non-hydrogen) atoms. The molecule has 1 aromatic carbocycles. The third-order valence-electron chi connectivity index (χ3n) is 2.86. The Morgan fingerprint density at radius 3 is 2.71 bits per heavy atom. The minimum atomic E-state index is -3.64. The number of nitrogens with one attached hydrogen (secondary N) is 1. The number of amides is 1. The molecule has 0 radical (unpaired) electrons. The Hall–Kier alpha value is -1.44. The van der Waals surface area contributed by atoms with Crippen LogP contribution in [0.1, 0.15) is 12.0 Å². The summed E-state index contributed by atoms with van der Waals surface area (Å²) in [7, 11) is -1.96. The number of hydrogen-bond donors (Lipinski definition) is 2. The Balaban J connectivity index is 2.50. The van der Waals surface area contributed by atoms with Crippen LogP contribution in [0.4, 0.5) is 5.69 Å². The highest BCUT2D eigenvalue weighted by Gasteiger charge is 2.22. The molecule has 6 nitrogen and oxygen atoms in total. The second-order valence-corrected chi connectivity index (χ2v) is 5.58. The number of aryl methyl sites for hydroxylation is 1. The summed E-state index contributed by atoms with van der Waals surface area (Å²) in [6.45, 7) is 0. The fourth-order valence-corrected chi connectivity index (χ4v) is 2.55. The number of carbonyl (C=O) groups is 1. The van der Waals surface area contributed by atoms with E-state index in [9.17, 15) is 13.2 Å². The summed E-state index contributed by atoms with van der Waals surface area (Å²) >= 11 is 0. The van der Waals surface area contributed by atoms with Crippen molar-refractivity contribution in [2.75, 3.05) is 11.9 Å². The molecule has 0 spiro atoms. The molecule has 7 heteroatoms. The van der Waals surface area contributed by atoms with E-state index in [2.05, 4.69) is 0 Å². The summed E-state index contributed by atoms with van der Waals surface area (Å²) in [4.78, 5) is 14.9. The number of nitrogens with two attached hydrogens (primary N) is 1. The number of hydrogen-bond acceptors (Lipinski definition) is 4. The van der Waals surface area contributed by atoms with Gasteiger partial charge in [-0.2, -0.15) is 4.83 Å². The van der Waals surface area contributed by atoms with E-state index in [0.29, 0.717) is 12.8 Å². The largest absolute Gasteiger partial charge is 0.315 e. The molecule has 0 bridgehead atoms. The van der Waals surface area contributed by atoms with Crippen LogP contribution in [0.15, 0.2) is 23.1 Å². The summed E-state index contributed by atoms with van der Waals surface area (Å²) in [6.07, 6.45) is 0.940. The van der Waals surface area contributed by atoms with Crippen LogP contribution in [0.25, 0.3) is 0 Å². The van der Waals surface area contributed by atoms with Crippen LogP contribution in [0.5, 0.6) is 0 Å². The first kappa shape index (κ1) is 12.0. The molecule has 0 fully saturated rings. The van der Waals surface area contributed by atoms with Crippen molar-refractivity contribution in [2.45, 2.75) is 17.7 Å². The summed E-state index contributed by atoms with van der Waals surface area (Å²) < 4.78 is 23.0. The molecule has 0 saturated heterocycles. The monoisotopic (exact) mass is 255 g/mol. The zero-order valence-electron chi connectivity index (χ0n) is 9.30. The van der Waals surface area contributed by atoms with E-state index in [1.807, 2.05) is 0 Å². The molecule has 1 amide bonds. The fourth-order valence-electron chi connectivity index (χ4n) is 1.87.